The quantitative estimate of drug-likeness (QED) is 0.150. The predicted molar refractivity (Wildman–Crippen MR) is 146 cm³/mol. The van der Waals surface area contributed by atoms with E-state index in [1.54, 1.807) is 0 Å². The van der Waals surface area contributed by atoms with Gasteiger partial charge in [0.15, 0.2) is 0 Å². The molecule has 0 saturated heterocycles. The number of urea groups is 2. The van der Waals surface area contributed by atoms with Crippen LogP contribution in [0.4, 0.5) is 9.59 Å². The van der Waals surface area contributed by atoms with Crippen molar-refractivity contribution in [3.05, 3.63) is 59.7 Å². The van der Waals surface area contributed by atoms with Gasteiger partial charge in [0.2, 0.25) is 0 Å². The summed E-state index contributed by atoms with van der Waals surface area (Å²) in [6.45, 7) is 0.430. The zero-order valence-corrected chi connectivity index (χ0v) is 23.6. The highest BCUT2D eigenvalue weighted by Gasteiger charge is 2.19. The minimum absolute atomic E-state index is 0.215. The van der Waals surface area contributed by atoms with Crippen molar-refractivity contribution < 1.29 is 46.2 Å². The topological polar surface area (TPSA) is 225 Å². The number of benzene rings is 2. The van der Waals surface area contributed by atoms with Gasteiger partial charge in [0.1, 0.15) is 0 Å². The molecule has 0 spiro atoms. The minimum Gasteiger partial charge on any atom is -0.481 e. The maximum atomic E-state index is 12.4. The third-order valence-corrected chi connectivity index (χ3v) is 8.16. The van der Waals surface area contributed by atoms with E-state index in [2.05, 4.69) is 10.6 Å². The lowest BCUT2D eigenvalue weighted by Crippen LogP contribution is -2.39. The van der Waals surface area contributed by atoms with Crippen molar-refractivity contribution in [1.29, 1.82) is 0 Å². The van der Waals surface area contributed by atoms with E-state index in [1.165, 1.54) is 48.5 Å². The van der Waals surface area contributed by atoms with E-state index >= 15 is 0 Å². The largest absolute Gasteiger partial charge is 0.481 e. The summed E-state index contributed by atoms with van der Waals surface area (Å²) in [5, 5.41) is 22.6. The maximum absolute atomic E-state index is 12.4. The van der Waals surface area contributed by atoms with E-state index in [9.17, 15) is 36.0 Å². The molecule has 16 heteroatoms. The van der Waals surface area contributed by atoms with Crippen molar-refractivity contribution in [2.75, 3.05) is 13.1 Å². The van der Waals surface area contributed by atoms with Crippen LogP contribution in [0.3, 0.4) is 0 Å². The second-order valence-electron chi connectivity index (χ2n) is 8.93. The smallest absolute Gasteiger partial charge is 0.328 e. The summed E-state index contributed by atoms with van der Waals surface area (Å²) in [4.78, 5) is 45.1. The molecular formula is C25H32N4O10S2. The zero-order valence-electron chi connectivity index (χ0n) is 22.0. The van der Waals surface area contributed by atoms with Crippen LogP contribution in [0.1, 0.15) is 43.2 Å². The predicted octanol–water partition coefficient (Wildman–Crippen LogP) is 1.57. The summed E-state index contributed by atoms with van der Waals surface area (Å²) in [5.41, 5.74) is 0.559. The Kier molecular flexibility index (Phi) is 12.5. The first-order valence-electron chi connectivity index (χ1n) is 12.5. The first-order valence-corrected chi connectivity index (χ1v) is 15.5. The maximum Gasteiger partial charge on any atom is 0.328 e. The number of carbonyl (C=O) groups is 4. The number of nitrogens with one attached hydrogen (secondary N) is 4. The van der Waals surface area contributed by atoms with Crippen LogP contribution in [0, 0.1) is 0 Å². The van der Waals surface area contributed by atoms with Gasteiger partial charge in [-0.15, -0.1) is 0 Å². The molecule has 4 amide bonds. The lowest BCUT2D eigenvalue weighted by atomic mass is 10.1. The molecule has 0 atom stereocenters. The Morgan fingerprint density at radius 1 is 0.585 bits per heavy atom. The zero-order chi connectivity index (χ0) is 30.5. The molecule has 14 nitrogen and oxygen atoms in total. The second-order valence-corrected chi connectivity index (χ2v) is 12.3. The molecule has 0 unspecified atom stereocenters. The van der Waals surface area contributed by atoms with Crippen LogP contribution in [0.5, 0.6) is 0 Å². The minimum atomic E-state index is -4.17. The number of unbranched alkanes of at least 4 members (excludes halogenated alkanes) is 4. The van der Waals surface area contributed by atoms with E-state index < -0.39 is 44.0 Å². The van der Waals surface area contributed by atoms with Gasteiger partial charge in [-0.3, -0.25) is 9.59 Å². The molecular weight excluding hydrogens is 580 g/mol. The molecule has 0 bridgehead atoms. The molecule has 2 aromatic carbocycles. The molecule has 0 aliphatic heterocycles. The Hall–Kier alpha value is -4.18. The molecule has 2 aromatic rings. The number of rotatable bonds is 16. The van der Waals surface area contributed by atoms with Crippen LogP contribution in [-0.2, 0) is 42.5 Å². The van der Waals surface area contributed by atoms with Gasteiger partial charge in [-0.2, -0.15) is 0 Å². The van der Waals surface area contributed by atoms with Crippen molar-refractivity contribution in [3.63, 3.8) is 0 Å². The van der Waals surface area contributed by atoms with Crippen LogP contribution in [0.25, 0.3) is 0 Å². The summed E-state index contributed by atoms with van der Waals surface area (Å²) in [7, 11) is -8.34. The van der Waals surface area contributed by atoms with Gasteiger partial charge in [-0.05, 0) is 48.2 Å². The summed E-state index contributed by atoms with van der Waals surface area (Å²) in [6, 6.07) is 8.77. The first kappa shape index (κ1) is 33.0. The van der Waals surface area contributed by atoms with Crippen LogP contribution in [0.15, 0.2) is 58.3 Å². The fourth-order valence-electron chi connectivity index (χ4n) is 3.61. The third-order valence-electron chi connectivity index (χ3n) is 5.51. The van der Waals surface area contributed by atoms with Crippen molar-refractivity contribution in [3.8, 4) is 0 Å². The molecule has 0 aliphatic carbocycles. The summed E-state index contributed by atoms with van der Waals surface area (Å²) in [5.74, 6) is -2.23. The van der Waals surface area contributed by atoms with E-state index in [-0.39, 0.29) is 46.8 Å². The van der Waals surface area contributed by atoms with Crippen molar-refractivity contribution in [1.82, 2.24) is 20.1 Å². The SMILES string of the molecule is O=C(O)Cc1cccc(S(=O)(=O)NC(=O)NCCCCCCCNC(=O)NS(=O)(=O)c2cccc(CC(=O)O)c2)c1. The molecule has 224 valence electrons. The lowest BCUT2D eigenvalue weighted by molar-refractivity contribution is -0.137. The van der Waals surface area contributed by atoms with Crippen LogP contribution in [-0.4, -0.2) is 64.1 Å². The van der Waals surface area contributed by atoms with Crippen molar-refractivity contribution in [2.45, 2.75) is 54.7 Å². The summed E-state index contributed by atoms with van der Waals surface area (Å²) in [6.07, 6.45) is 2.58. The second kappa shape index (κ2) is 15.6. The molecule has 2 rings (SSSR count). The van der Waals surface area contributed by atoms with Crippen LogP contribution < -0.4 is 20.1 Å². The number of carboxylic acid groups (broad SMARTS) is 2. The molecule has 0 radical (unpaired) electrons. The van der Waals surface area contributed by atoms with Crippen molar-refractivity contribution in [2.24, 2.45) is 0 Å². The molecule has 0 fully saturated rings. The molecule has 6 N–H and O–H groups in total. The fraction of sp³-hybridized carbons (Fsp3) is 0.360. The van der Waals surface area contributed by atoms with Gasteiger partial charge in [0.25, 0.3) is 20.0 Å². The van der Waals surface area contributed by atoms with Gasteiger partial charge >= 0.3 is 24.0 Å². The molecule has 41 heavy (non-hydrogen) atoms. The Balaban J connectivity index is 1.61. The number of hydrogen-bond acceptors (Lipinski definition) is 8. The highest BCUT2D eigenvalue weighted by Crippen LogP contribution is 2.13. The average Bonchev–Trinajstić information content (AvgIpc) is 2.86. The highest BCUT2D eigenvalue weighted by atomic mass is 32.2. The third kappa shape index (κ3) is 12.3. The standard InChI is InChI=1S/C25H32N4O10S2/c30-22(31)16-18-8-6-10-20(14-18)40(36,37)28-24(34)26-12-4-2-1-3-5-13-27-25(35)29-41(38,39)21-11-7-9-19(15-21)17-23(32)33/h6-11,14-15H,1-5,12-13,16-17H2,(H,30,31)(H,32,33)(H2,26,28,34)(H2,27,29,35). The first-order chi connectivity index (χ1) is 19.3. The molecule has 0 heterocycles. The number of aliphatic carboxylic acids is 2. The number of hydrogen-bond donors (Lipinski definition) is 6. The van der Waals surface area contributed by atoms with Crippen LogP contribution >= 0.6 is 0 Å². The average molecular weight is 613 g/mol. The van der Waals surface area contributed by atoms with E-state index in [0.717, 1.165) is 6.42 Å². The van der Waals surface area contributed by atoms with Gasteiger partial charge in [-0.1, -0.05) is 43.5 Å². The number of carboxylic acids is 2. The fourth-order valence-corrected chi connectivity index (χ4v) is 5.61. The van der Waals surface area contributed by atoms with E-state index in [1.807, 2.05) is 9.44 Å². The Labute approximate surface area is 237 Å². The Morgan fingerprint density at radius 3 is 1.32 bits per heavy atom. The Morgan fingerprint density at radius 2 is 0.951 bits per heavy atom. The van der Waals surface area contributed by atoms with Gasteiger partial charge < -0.3 is 20.8 Å². The summed E-state index contributed by atoms with van der Waals surface area (Å²) < 4.78 is 53.2. The molecule has 0 saturated carbocycles. The van der Waals surface area contributed by atoms with Gasteiger partial charge in [0, 0.05) is 13.1 Å². The van der Waals surface area contributed by atoms with Crippen molar-refractivity contribution >= 4 is 44.0 Å². The Bertz CT molecular complexity index is 1350. The molecule has 0 aliphatic rings. The number of sulfonamides is 2. The summed E-state index contributed by atoms with van der Waals surface area (Å²) >= 11 is 0. The number of carbonyl (C=O) groups excluding carboxylic acids is 2. The highest BCUT2D eigenvalue weighted by molar-refractivity contribution is 7.90. The normalized spacial score (nSPS) is 11.3. The van der Waals surface area contributed by atoms with Gasteiger partial charge in [0.05, 0.1) is 22.6 Å². The lowest BCUT2D eigenvalue weighted by Gasteiger charge is -2.10. The van der Waals surface area contributed by atoms with E-state index in [4.69, 9.17) is 10.2 Å². The number of amides is 4. The van der Waals surface area contributed by atoms with E-state index in [0.29, 0.717) is 25.7 Å². The molecule has 0 aromatic heterocycles. The monoisotopic (exact) mass is 612 g/mol. The van der Waals surface area contributed by atoms with Crippen LogP contribution in [0.2, 0.25) is 0 Å². The van der Waals surface area contributed by atoms with Gasteiger partial charge in [-0.25, -0.2) is 35.9 Å².